The van der Waals surface area contributed by atoms with Crippen molar-refractivity contribution in [2.24, 2.45) is 5.92 Å². The highest BCUT2D eigenvalue weighted by atomic mass is 32.2. The molecule has 2 aliphatic rings. The second kappa shape index (κ2) is 8.99. The van der Waals surface area contributed by atoms with Gasteiger partial charge in [-0.15, -0.1) is 0 Å². The van der Waals surface area contributed by atoms with Crippen molar-refractivity contribution in [1.82, 2.24) is 4.31 Å². The monoisotopic (exact) mass is 459 g/mol. The fourth-order valence-corrected chi connectivity index (χ4v) is 5.66. The maximum Gasteiger partial charge on any atom is 0.244 e. The minimum atomic E-state index is -3.61. The second-order valence-corrected chi connectivity index (χ2v) is 10.3. The zero-order valence-electron chi connectivity index (χ0n) is 17.9. The van der Waals surface area contributed by atoms with Crippen molar-refractivity contribution in [3.8, 4) is 0 Å². The van der Waals surface area contributed by atoms with Crippen LogP contribution in [0.2, 0.25) is 0 Å². The molecule has 0 unspecified atom stereocenters. The summed E-state index contributed by atoms with van der Waals surface area (Å²) in [6, 6.07) is 10.5. The molecule has 2 aliphatic heterocycles. The lowest BCUT2D eigenvalue weighted by molar-refractivity contribution is -0.121. The molecule has 7 nitrogen and oxygen atoms in total. The fourth-order valence-electron chi connectivity index (χ4n) is 4.14. The molecule has 0 atom stereocenters. The number of rotatable bonds is 5. The molecular weight excluding hydrogens is 433 g/mol. The number of sulfonamides is 1. The van der Waals surface area contributed by atoms with Crippen molar-refractivity contribution >= 4 is 33.2 Å². The zero-order valence-corrected chi connectivity index (χ0v) is 18.7. The highest BCUT2D eigenvalue weighted by Gasteiger charge is 2.31. The van der Waals surface area contributed by atoms with Crippen LogP contribution in [0, 0.1) is 11.7 Å². The SMILES string of the molecule is CC1CCN(S(=O)(=O)c2ccc3c(c2)CCC(=O)N3CC(=O)Nc2ccccc2F)CC1. The maximum atomic E-state index is 13.8. The molecule has 1 N–H and O–H groups in total. The van der Waals surface area contributed by atoms with E-state index in [0.717, 1.165) is 12.8 Å². The van der Waals surface area contributed by atoms with E-state index >= 15 is 0 Å². The first kappa shape index (κ1) is 22.4. The number of halogens is 1. The van der Waals surface area contributed by atoms with Gasteiger partial charge in [0.1, 0.15) is 12.4 Å². The molecule has 2 amide bonds. The van der Waals surface area contributed by atoms with Gasteiger partial charge in [-0.05, 0) is 61.1 Å². The molecule has 2 heterocycles. The quantitative estimate of drug-likeness (QED) is 0.744. The van der Waals surface area contributed by atoms with E-state index in [-0.39, 0.29) is 29.5 Å². The van der Waals surface area contributed by atoms with Gasteiger partial charge in [0.2, 0.25) is 21.8 Å². The highest BCUT2D eigenvalue weighted by Crippen LogP contribution is 2.32. The number of aryl methyl sites for hydroxylation is 1. The summed E-state index contributed by atoms with van der Waals surface area (Å²) in [6.45, 7) is 2.84. The number of anilines is 2. The van der Waals surface area contributed by atoms with Gasteiger partial charge in [0, 0.05) is 25.2 Å². The van der Waals surface area contributed by atoms with Crippen LogP contribution in [0.1, 0.15) is 31.7 Å². The second-order valence-electron chi connectivity index (χ2n) is 8.39. The van der Waals surface area contributed by atoms with Gasteiger partial charge in [-0.1, -0.05) is 19.1 Å². The number of nitrogens with zero attached hydrogens (tertiary/aromatic N) is 2. The Morgan fingerprint density at radius 2 is 1.84 bits per heavy atom. The van der Waals surface area contributed by atoms with Crippen LogP contribution in [0.15, 0.2) is 47.4 Å². The Kier molecular flexibility index (Phi) is 6.30. The third kappa shape index (κ3) is 4.54. The lowest BCUT2D eigenvalue weighted by atomic mass is 10.0. The van der Waals surface area contributed by atoms with Gasteiger partial charge in [-0.3, -0.25) is 9.59 Å². The van der Waals surface area contributed by atoms with Crippen molar-refractivity contribution in [2.75, 3.05) is 29.9 Å². The zero-order chi connectivity index (χ0) is 22.9. The van der Waals surface area contributed by atoms with Gasteiger partial charge in [-0.2, -0.15) is 4.31 Å². The van der Waals surface area contributed by atoms with E-state index in [1.54, 1.807) is 18.2 Å². The van der Waals surface area contributed by atoms with E-state index in [1.807, 2.05) is 0 Å². The van der Waals surface area contributed by atoms with E-state index in [0.29, 0.717) is 36.7 Å². The Morgan fingerprint density at radius 1 is 1.12 bits per heavy atom. The molecule has 0 spiro atoms. The van der Waals surface area contributed by atoms with Crippen LogP contribution < -0.4 is 10.2 Å². The number of nitrogens with one attached hydrogen (secondary N) is 1. The third-order valence-electron chi connectivity index (χ3n) is 6.08. The first-order valence-corrected chi connectivity index (χ1v) is 12.2. The van der Waals surface area contributed by atoms with Gasteiger partial charge in [0.25, 0.3) is 0 Å². The molecule has 0 bridgehead atoms. The molecule has 2 aromatic carbocycles. The van der Waals surface area contributed by atoms with Crippen LogP contribution >= 0.6 is 0 Å². The highest BCUT2D eigenvalue weighted by molar-refractivity contribution is 7.89. The van der Waals surface area contributed by atoms with Gasteiger partial charge < -0.3 is 10.2 Å². The number of benzene rings is 2. The third-order valence-corrected chi connectivity index (χ3v) is 7.98. The number of para-hydroxylation sites is 1. The Balaban J connectivity index is 1.54. The minimum Gasteiger partial charge on any atom is -0.322 e. The topological polar surface area (TPSA) is 86.8 Å². The Morgan fingerprint density at radius 3 is 2.56 bits per heavy atom. The molecule has 170 valence electrons. The van der Waals surface area contributed by atoms with E-state index in [2.05, 4.69) is 12.2 Å². The summed E-state index contributed by atoms with van der Waals surface area (Å²) in [5, 5.41) is 2.48. The van der Waals surface area contributed by atoms with Gasteiger partial charge >= 0.3 is 0 Å². The average Bonchev–Trinajstić information content (AvgIpc) is 2.77. The normalized spacial score (nSPS) is 17.8. The number of piperidine rings is 1. The number of carbonyl (C=O) groups is 2. The summed E-state index contributed by atoms with van der Waals surface area (Å²) in [6.07, 6.45) is 2.25. The van der Waals surface area contributed by atoms with Crippen molar-refractivity contribution in [2.45, 2.75) is 37.5 Å². The molecule has 1 saturated heterocycles. The van der Waals surface area contributed by atoms with Gasteiger partial charge in [0.05, 0.1) is 10.6 Å². The molecule has 32 heavy (non-hydrogen) atoms. The summed E-state index contributed by atoms with van der Waals surface area (Å²) >= 11 is 0. The largest absolute Gasteiger partial charge is 0.322 e. The van der Waals surface area contributed by atoms with Crippen molar-refractivity contribution in [3.63, 3.8) is 0 Å². The lowest BCUT2D eigenvalue weighted by Crippen LogP contribution is -2.41. The van der Waals surface area contributed by atoms with E-state index in [1.165, 1.54) is 33.5 Å². The summed E-state index contributed by atoms with van der Waals surface area (Å²) < 4.78 is 41.5. The molecule has 1 fully saturated rings. The molecule has 4 rings (SSSR count). The molecule has 0 radical (unpaired) electrons. The molecule has 0 aliphatic carbocycles. The Hall–Kier alpha value is -2.78. The Bertz CT molecular complexity index is 1140. The number of hydrogen-bond donors (Lipinski definition) is 1. The molecule has 2 aromatic rings. The number of hydrogen-bond acceptors (Lipinski definition) is 4. The molecular formula is C23H26FN3O4S. The summed E-state index contributed by atoms with van der Waals surface area (Å²) in [7, 11) is -3.61. The summed E-state index contributed by atoms with van der Waals surface area (Å²) in [4.78, 5) is 26.5. The van der Waals surface area contributed by atoms with Crippen LogP contribution in [-0.4, -0.2) is 44.2 Å². The van der Waals surface area contributed by atoms with Crippen molar-refractivity contribution in [1.29, 1.82) is 0 Å². The average molecular weight is 460 g/mol. The van der Waals surface area contributed by atoms with Crippen LogP contribution in [-0.2, 0) is 26.0 Å². The first-order chi connectivity index (χ1) is 15.3. The van der Waals surface area contributed by atoms with E-state index in [9.17, 15) is 22.4 Å². The van der Waals surface area contributed by atoms with Crippen molar-refractivity contribution < 1.29 is 22.4 Å². The smallest absolute Gasteiger partial charge is 0.244 e. The standard InChI is InChI=1S/C23H26FN3O4S/c1-16-10-12-26(13-11-16)32(30,31)18-7-8-21-17(14-18)6-9-23(29)27(21)15-22(28)25-20-5-3-2-4-19(20)24/h2-5,7-8,14,16H,6,9-13,15H2,1H3,(H,25,28). The van der Waals surface area contributed by atoms with E-state index in [4.69, 9.17) is 0 Å². The summed E-state index contributed by atoms with van der Waals surface area (Å²) in [5.74, 6) is -0.814. The molecule has 9 heteroatoms. The summed E-state index contributed by atoms with van der Waals surface area (Å²) in [5.41, 5.74) is 1.25. The minimum absolute atomic E-state index is 0.0412. The van der Waals surface area contributed by atoms with Crippen LogP contribution in [0.25, 0.3) is 0 Å². The predicted molar refractivity (Wildman–Crippen MR) is 119 cm³/mol. The van der Waals surface area contributed by atoms with Crippen LogP contribution in [0.4, 0.5) is 15.8 Å². The van der Waals surface area contributed by atoms with Gasteiger partial charge in [0.15, 0.2) is 0 Å². The Labute approximate surface area is 187 Å². The van der Waals surface area contributed by atoms with E-state index < -0.39 is 21.7 Å². The molecule has 0 saturated carbocycles. The van der Waals surface area contributed by atoms with Crippen LogP contribution in [0.5, 0.6) is 0 Å². The maximum absolute atomic E-state index is 13.8. The molecule has 0 aromatic heterocycles. The van der Waals surface area contributed by atoms with Gasteiger partial charge in [-0.25, -0.2) is 12.8 Å². The number of fused-ring (bicyclic) bond motifs is 1. The lowest BCUT2D eigenvalue weighted by Gasteiger charge is -2.31. The predicted octanol–water partition coefficient (Wildman–Crippen LogP) is 3.16. The first-order valence-electron chi connectivity index (χ1n) is 10.7. The van der Waals surface area contributed by atoms with Crippen molar-refractivity contribution in [3.05, 3.63) is 53.8 Å². The number of carbonyl (C=O) groups excluding carboxylic acids is 2. The van der Waals surface area contributed by atoms with Crippen LogP contribution in [0.3, 0.4) is 0 Å². The fraction of sp³-hybridized carbons (Fsp3) is 0.391. The number of amides is 2.